The molecule has 0 spiro atoms. The van der Waals surface area contributed by atoms with Gasteiger partial charge in [-0.05, 0) is 46.1 Å². The van der Waals surface area contributed by atoms with Gasteiger partial charge < -0.3 is 4.74 Å². The van der Waals surface area contributed by atoms with Gasteiger partial charge in [0.15, 0.2) is 0 Å². The SMILES string of the molecule is COCCNSc1cc(Br)ccc1Br. The van der Waals surface area contributed by atoms with Crippen molar-refractivity contribution < 1.29 is 4.74 Å². The van der Waals surface area contributed by atoms with Gasteiger partial charge in [0, 0.05) is 27.5 Å². The first-order valence-electron chi connectivity index (χ1n) is 4.07. The number of hydrogen-bond donors (Lipinski definition) is 1. The summed E-state index contributed by atoms with van der Waals surface area (Å²) in [6.45, 7) is 1.55. The van der Waals surface area contributed by atoms with Crippen LogP contribution in [0.5, 0.6) is 0 Å². The molecule has 0 radical (unpaired) electrons. The first kappa shape index (κ1) is 12.5. The van der Waals surface area contributed by atoms with Crippen LogP contribution in [0.2, 0.25) is 0 Å². The van der Waals surface area contributed by atoms with Crippen LogP contribution in [0, 0.1) is 0 Å². The van der Waals surface area contributed by atoms with Gasteiger partial charge >= 0.3 is 0 Å². The Hall–Kier alpha value is 0.450. The van der Waals surface area contributed by atoms with Crippen molar-refractivity contribution in [3.05, 3.63) is 27.1 Å². The van der Waals surface area contributed by atoms with Gasteiger partial charge in [-0.15, -0.1) is 0 Å². The highest BCUT2D eigenvalue weighted by Crippen LogP contribution is 2.28. The highest BCUT2D eigenvalue weighted by Gasteiger charge is 2.00. The largest absolute Gasteiger partial charge is 0.383 e. The predicted octanol–water partition coefficient (Wildman–Crippen LogP) is 3.45. The van der Waals surface area contributed by atoms with E-state index in [1.165, 1.54) is 0 Å². The van der Waals surface area contributed by atoms with Crippen molar-refractivity contribution >= 4 is 43.8 Å². The fourth-order valence-electron chi connectivity index (χ4n) is 0.828. The Morgan fingerprint density at radius 3 is 2.93 bits per heavy atom. The topological polar surface area (TPSA) is 21.3 Å². The third-order valence-corrected chi connectivity index (χ3v) is 3.84. The van der Waals surface area contributed by atoms with E-state index in [0.717, 1.165) is 27.0 Å². The Morgan fingerprint density at radius 2 is 2.21 bits per heavy atom. The third-order valence-electron chi connectivity index (χ3n) is 1.48. The van der Waals surface area contributed by atoms with Crippen molar-refractivity contribution in [3.63, 3.8) is 0 Å². The van der Waals surface area contributed by atoms with E-state index < -0.39 is 0 Å². The molecule has 0 heterocycles. The Kier molecular flexibility index (Phi) is 6.12. The third kappa shape index (κ3) is 4.31. The van der Waals surface area contributed by atoms with Gasteiger partial charge in [0.1, 0.15) is 0 Å². The van der Waals surface area contributed by atoms with Crippen LogP contribution in [0.15, 0.2) is 32.0 Å². The van der Waals surface area contributed by atoms with Crippen LogP contribution in [-0.4, -0.2) is 20.3 Å². The van der Waals surface area contributed by atoms with Gasteiger partial charge in [0.2, 0.25) is 0 Å². The lowest BCUT2D eigenvalue weighted by Crippen LogP contribution is -2.10. The first-order chi connectivity index (χ1) is 6.74. The minimum atomic E-state index is 0.721. The molecule has 0 fully saturated rings. The van der Waals surface area contributed by atoms with Gasteiger partial charge in [-0.3, -0.25) is 4.72 Å². The van der Waals surface area contributed by atoms with Crippen molar-refractivity contribution in [1.82, 2.24) is 4.72 Å². The second-order valence-electron chi connectivity index (χ2n) is 2.56. The van der Waals surface area contributed by atoms with Gasteiger partial charge in [0.05, 0.1) is 6.61 Å². The normalized spacial score (nSPS) is 10.5. The number of hydrogen-bond acceptors (Lipinski definition) is 3. The molecule has 0 amide bonds. The van der Waals surface area contributed by atoms with E-state index >= 15 is 0 Å². The molecular weight excluding hydrogens is 330 g/mol. The zero-order valence-corrected chi connectivity index (χ0v) is 11.7. The fourth-order valence-corrected chi connectivity index (χ4v) is 2.52. The summed E-state index contributed by atoms with van der Waals surface area (Å²) in [4.78, 5) is 1.16. The zero-order valence-electron chi connectivity index (χ0n) is 7.72. The van der Waals surface area contributed by atoms with E-state index in [0.29, 0.717) is 0 Å². The quantitative estimate of drug-likeness (QED) is 0.655. The number of benzene rings is 1. The number of halogens is 2. The molecule has 0 bridgehead atoms. The minimum absolute atomic E-state index is 0.721. The van der Waals surface area contributed by atoms with E-state index in [1.54, 1.807) is 19.1 Å². The molecule has 0 aliphatic rings. The molecule has 1 aromatic rings. The maximum atomic E-state index is 4.94. The predicted molar refractivity (Wildman–Crippen MR) is 67.6 cm³/mol. The molecular formula is C9H11Br2NOS. The Morgan fingerprint density at radius 1 is 1.43 bits per heavy atom. The van der Waals surface area contributed by atoms with Gasteiger partial charge in [-0.25, -0.2) is 0 Å². The molecule has 5 heteroatoms. The maximum absolute atomic E-state index is 4.94. The maximum Gasteiger partial charge on any atom is 0.0596 e. The zero-order chi connectivity index (χ0) is 10.4. The number of methoxy groups -OCH3 is 1. The summed E-state index contributed by atoms with van der Waals surface area (Å²) in [5, 5.41) is 0. The Labute approximate surface area is 105 Å². The van der Waals surface area contributed by atoms with Crippen molar-refractivity contribution in [2.24, 2.45) is 0 Å². The average molecular weight is 341 g/mol. The Balaban J connectivity index is 2.45. The lowest BCUT2D eigenvalue weighted by Gasteiger charge is -2.05. The molecule has 0 atom stereocenters. The second kappa shape index (κ2) is 6.85. The number of nitrogens with one attached hydrogen (secondary N) is 1. The lowest BCUT2D eigenvalue weighted by molar-refractivity contribution is 0.205. The fraction of sp³-hybridized carbons (Fsp3) is 0.333. The minimum Gasteiger partial charge on any atom is -0.383 e. The summed E-state index contributed by atoms with van der Waals surface area (Å²) in [5.74, 6) is 0. The van der Waals surface area contributed by atoms with Gasteiger partial charge in [0.25, 0.3) is 0 Å². The van der Waals surface area contributed by atoms with Crippen molar-refractivity contribution in [2.75, 3.05) is 20.3 Å². The average Bonchev–Trinajstić information content (AvgIpc) is 2.18. The highest BCUT2D eigenvalue weighted by molar-refractivity contribution is 9.11. The smallest absolute Gasteiger partial charge is 0.0596 e. The molecule has 0 unspecified atom stereocenters. The molecule has 2 nitrogen and oxygen atoms in total. The number of rotatable bonds is 5. The van der Waals surface area contributed by atoms with Crippen LogP contribution in [0.3, 0.4) is 0 Å². The van der Waals surface area contributed by atoms with Crippen LogP contribution in [0.1, 0.15) is 0 Å². The molecule has 14 heavy (non-hydrogen) atoms. The van der Waals surface area contributed by atoms with Gasteiger partial charge in [-0.2, -0.15) is 0 Å². The Bertz CT molecular complexity index is 296. The first-order valence-corrected chi connectivity index (χ1v) is 6.48. The molecule has 78 valence electrons. The van der Waals surface area contributed by atoms with E-state index in [4.69, 9.17) is 4.74 Å². The summed E-state index contributed by atoms with van der Waals surface area (Å²) in [7, 11) is 1.70. The van der Waals surface area contributed by atoms with Crippen LogP contribution in [0.25, 0.3) is 0 Å². The van der Waals surface area contributed by atoms with E-state index in [9.17, 15) is 0 Å². The van der Waals surface area contributed by atoms with Crippen LogP contribution >= 0.6 is 43.8 Å². The summed E-state index contributed by atoms with van der Waals surface area (Å²) in [6, 6.07) is 6.09. The molecule has 0 aromatic heterocycles. The van der Waals surface area contributed by atoms with Crippen LogP contribution in [0.4, 0.5) is 0 Å². The molecule has 0 saturated heterocycles. The summed E-state index contributed by atoms with van der Waals surface area (Å²) in [6.07, 6.45) is 0. The van der Waals surface area contributed by atoms with E-state index in [-0.39, 0.29) is 0 Å². The number of ether oxygens (including phenoxy) is 1. The molecule has 1 rings (SSSR count). The molecule has 1 N–H and O–H groups in total. The second-order valence-corrected chi connectivity index (χ2v) is 5.27. The monoisotopic (exact) mass is 339 g/mol. The summed E-state index contributed by atoms with van der Waals surface area (Å²) < 4.78 is 10.3. The molecule has 0 aliphatic carbocycles. The summed E-state index contributed by atoms with van der Waals surface area (Å²) >= 11 is 8.51. The lowest BCUT2D eigenvalue weighted by atomic mass is 10.4. The standard InChI is InChI=1S/C9H11Br2NOS/c1-13-5-4-12-14-9-6-7(10)2-3-8(9)11/h2-3,6,12H,4-5H2,1H3. The van der Waals surface area contributed by atoms with Crippen LogP contribution < -0.4 is 4.72 Å². The van der Waals surface area contributed by atoms with Crippen LogP contribution in [-0.2, 0) is 4.74 Å². The molecule has 0 aliphatic heterocycles. The summed E-state index contributed by atoms with van der Waals surface area (Å²) in [5.41, 5.74) is 0. The van der Waals surface area contributed by atoms with Crippen molar-refractivity contribution in [3.8, 4) is 0 Å². The van der Waals surface area contributed by atoms with E-state index in [2.05, 4.69) is 42.6 Å². The van der Waals surface area contributed by atoms with Crippen molar-refractivity contribution in [2.45, 2.75) is 4.90 Å². The highest BCUT2D eigenvalue weighted by atomic mass is 79.9. The molecule has 0 saturated carbocycles. The molecule has 1 aromatic carbocycles. The van der Waals surface area contributed by atoms with Crippen molar-refractivity contribution in [1.29, 1.82) is 0 Å². The van der Waals surface area contributed by atoms with Gasteiger partial charge in [-0.1, -0.05) is 15.9 Å². The van der Waals surface area contributed by atoms with E-state index in [1.807, 2.05) is 12.1 Å².